The van der Waals surface area contributed by atoms with Crippen molar-refractivity contribution in [3.05, 3.63) is 76.2 Å². The van der Waals surface area contributed by atoms with Gasteiger partial charge in [0.1, 0.15) is 5.01 Å². The van der Waals surface area contributed by atoms with Crippen molar-refractivity contribution in [2.45, 2.75) is 18.4 Å². The lowest BCUT2D eigenvalue weighted by molar-refractivity contribution is 0.142. The quantitative estimate of drug-likeness (QED) is 0.409. The van der Waals surface area contributed by atoms with Gasteiger partial charge in [0.25, 0.3) is 5.56 Å². The number of rotatable bonds is 5. The zero-order valence-corrected chi connectivity index (χ0v) is 21.2. The van der Waals surface area contributed by atoms with Gasteiger partial charge in [0, 0.05) is 54.9 Å². The largest absolute Gasteiger partial charge is 0.322 e. The van der Waals surface area contributed by atoms with Crippen molar-refractivity contribution >= 4 is 39.8 Å². The van der Waals surface area contributed by atoms with Gasteiger partial charge in [-0.05, 0) is 31.4 Å². The van der Waals surface area contributed by atoms with E-state index in [2.05, 4.69) is 15.3 Å². The van der Waals surface area contributed by atoms with Crippen LogP contribution in [0.3, 0.4) is 0 Å². The van der Waals surface area contributed by atoms with Crippen molar-refractivity contribution in [1.82, 2.24) is 24.4 Å². The number of aromatic nitrogens is 3. The van der Waals surface area contributed by atoms with Crippen LogP contribution in [0.1, 0.15) is 11.3 Å². The molecule has 0 bridgehead atoms. The number of amides is 2. The molecule has 3 heterocycles. The van der Waals surface area contributed by atoms with E-state index in [-0.39, 0.29) is 11.6 Å². The average Bonchev–Trinajstić information content (AvgIpc) is 3.30. The summed E-state index contributed by atoms with van der Waals surface area (Å²) in [6, 6.07) is 17.4. The van der Waals surface area contributed by atoms with Crippen LogP contribution in [-0.2, 0) is 6.54 Å². The Kier molecular flexibility index (Phi) is 6.85. The molecule has 0 spiro atoms. The third-order valence-corrected chi connectivity index (χ3v) is 7.65. The average molecular weight is 507 g/mol. The Bertz CT molecular complexity index is 1410. The number of carbonyl (C=O) groups excluding carboxylic acids is 1. The van der Waals surface area contributed by atoms with Crippen molar-refractivity contribution in [3.63, 3.8) is 0 Å². The molecule has 1 saturated heterocycles. The number of hydrogen-bond donors (Lipinski definition) is 1. The van der Waals surface area contributed by atoms with Crippen LogP contribution in [0.15, 0.2) is 64.3 Å². The van der Waals surface area contributed by atoms with Crippen LogP contribution in [-0.4, -0.2) is 62.9 Å². The molecule has 10 heteroatoms. The van der Waals surface area contributed by atoms with E-state index in [1.807, 2.05) is 66.6 Å². The minimum Gasteiger partial charge on any atom is -0.322 e. The van der Waals surface area contributed by atoms with E-state index in [1.165, 1.54) is 21.4 Å². The second kappa shape index (κ2) is 10.2. The summed E-state index contributed by atoms with van der Waals surface area (Å²) in [7, 11) is 0. The van der Waals surface area contributed by atoms with Crippen LogP contribution in [0.2, 0.25) is 0 Å². The predicted molar refractivity (Wildman–Crippen MR) is 141 cm³/mol. The van der Waals surface area contributed by atoms with Crippen LogP contribution in [0.4, 0.5) is 10.5 Å². The van der Waals surface area contributed by atoms with Crippen LogP contribution < -0.4 is 10.9 Å². The molecule has 1 fully saturated rings. The molecule has 0 radical (unpaired) electrons. The lowest BCUT2D eigenvalue weighted by atomic mass is 10.2. The predicted octanol–water partition coefficient (Wildman–Crippen LogP) is 4.20. The summed E-state index contributed by atoms with van der Waals surface area (Å²) in [5.74, 6) is 0. The first-order valence-electron chi connectivity index (χ1n) is 11.4. The molecule has 2 aromatic heterocycles. The van der Waals surface area contributed by atoms with Gasteiger partial charge in [0.2, 0.25) is 4.96 Å². The number of thioether (sulfide) groups is 1. The minimum atomic E-state index is -0.176. The second-order valence-electron chi connectivity index (χ2n) is 8.48. The number of piperazine rings is 1. The third kappa shape index (κ3) is 5.39. The molecule has 4 aromatic rings. The number of benzene rings is 2. The van der Waals surface area contributed by atoms with Crippen LogP contribution >= 0.6 is 23.1 Å². The minimum absolute atomic E-state index is 0.0889. The lowest BCUT2D eigenvalue weighted by Gasteiger charge is -2.34. The van der Waals surface area contributed by atoms with Crippen molar-refractivity contribution in [2.24, 2.45) is 0 Å². The van der Waals surface area contributed by atoms with Crippen molar-refractivity contribution < 1.29 is 4.79 Å². The van der Waals surface area contributed by atoms with Gasteiger partial charge in [0.05, 0.1) is 5.69 Å². The Hall–Kier alpha value is -3.21. The van der Waals surface area contributed by atoms with E-state index >= 15 is 0 Å². The van der Waals surface area contributed by atoms with Gasteiger partial charge >= 0.3 is 6.03 Å². The Morgan fingerprint density at radius 1 is 1.09 bits per heavy atom. The fourth-order valence-corrected chi connectivity index (χ4v) is 5.38. The summed E-state index contributed by atoms with van der Waals surface area (Å²) < 4.78 is 1.37. The van der Waals surface area contributed by atoms with Crippen LogP contribution in [0.5, 0.6) is 0 Å². The van der Waals surface area contributed by atoms with Gasteiger partial charge in [0.15, 0.2) is 0 Å². The highest BCUT2D eigenvalue weighted by molar-refractivity contribution is 7.98. The monoisotopic (exact) mass is 506 g/mol. The highest BCUT2D eigenvalue weighted by Gasteiger charge is 2.22. The summed E-state index contributed by atoms with van der Waals surface area (Å²) in [5.41, 5.74) is 3.50. The molecule has 0 unspecified atom stereocenters. The van der Waals surface area contributed by atoms with Crippen LogP contribution in [0, 0.1) is 6.92 Å². The SMILES string of the molecule is CSc1cccc(NC(=O)N2CCN(Cc3cc(=O)n4nc(-c5ccc(C)cc5)sc4n3)CC2)c1. The molecule has 1 aliphatic rings. The van der Waals surface area contributed by atoms with Crippen LogP contribution in [0.25, 0.3) is 15.5 Å². The Morgan fingerprint density at radius 3 is 2.60 bits per heavy atom. The summed E-state index contributed by atoms with van der Waals surface area (Å²) in [5, 5.41) is 8.23. The standard InChI is InChI=1S/C25H26N6O2S2/c1-17-6-8-18(9-7-17)23-28-31-22(32)15-20(27-25(31)35-23)16-29-10-12-30(13-11-29)24(33)26-19-4-3-5-21(14-19)34-2/h3-9,14-15H,10-13,16H2,1-2H3,(H,26,33). The van der Waals surface area contributed by atoms with Crippen molar-refractivity contribution in [3.8, 4) is 10.6 Å². The molecule has 8 nitrogen and oxygen atoms in total. The van der Waals surface area contributed by atoms with E-state index in [9.17, 15) is 9.59 Å². The number of hydrogen-bond acceptors (Lipinski definition) is 7. The third-order valence-electron chi connectivity index (χ3n) is 5.96. The molecule has 1 aliphatic heterocycles. The van der Waals surface area contributed by atoms with Gasteiger partial charge in [-0.3, -0.25) is 9.69 Å². The summed E-state index contributed by atoms with van der Waals surface area (Å²) in [6.45, 7) is 5.28. The molecule has 0 aliphatic carbocycles. The molecule has 35 heavy (non-hydrogen) atoms. The topological polar surface area (TPSA) is 82.8 Å². The molecular formula is C25H26N6O2S2. The maximum atomic E-state index is 12.7. The smallest absolute Gasteiger partial charge is 0.321 e. The highest BCUT2D eigenvalue weighted by Crippen LogP contribution is 2.25. The highest BCUT2D eigenvalue weighted by atomic mass is 32.2. The first-order valence-corrected chi connectivity index (χ1v) is 13.4. The van der Waals surface area contributed by atoms with E-state index in [0.717, 1.165) is 39.9 Å². The molecule has 5 rings (SSSR count). The van der Waals surface area contributed by atoms with Gasteiger partial charge in [-0.2, -0.15) is 9.61 Å². The lowest BCUT2D eigenvalue weighted by Crippen LogP contribution is -2.49. The maximum absolute atomic E-state index is 12.7. The number of nitrogens with one attached hydrogen (secondary N) is 1. The van der Waals surface area contributed by atoms with E-state index in [0.29, 0.717) is 24.6 Å². The second-order valence-corrected chi connectivity index (χ2v) is 10.3. The number of fused-ring (bicyclic) bond motifs is 1. The van der Waals surface area contributed by atoms with Crippen molar-refractivity contribution in [2.75, 3.05) is 37.8 Å². The zero-order valence-electron chi connectivity index (χ0n) is 19.6. The van der Waals surface area contributed by atoms with Gasteiger partial charge < -0.3 is 10.2 Å². The molecule has 0 atom stereocenters. The Balaban J connectivity index is 1.22. The van der Waals surface area contributed by atoms with Gasteiger partial charge in [-0.1, -0.05) is 47.2 Å². The van der Waals surface area contributed by atoms with Gasteiger partial charge in [-0.25, -0.2) is 9.78 Å². The Labute approximate surface area is 211 Å². The maximum Gasteiger partial charge on any atom is 0.321 e. The normalized spacial score (nSPS) is 14.4. The molecule has 180 valence electrons. The molecule has 0 saturated carbocycles. The van der Waals surface area contributed by atoms with Gasteiger partial charge in [-0.15, -0.1) is 11.8 Å². The summed E-state index contributed by atoms with van der Waals surface area (Å²) >= 11 is 3.06. The molecule has 2 aromatic carbocycles. The summed E-state index contributed by atoms with van der Waals surface area (Å²) in [6.07, 6.45) is 2.01. The van der Waals surface area contributed by atoms with E-state index in [4.69, 9.17) is 4.98 Å². The van der Waals surface area contributed by atoms with E-state index < -0.39 is 0 Å². The number of urea groups is 1. The fraction of sp³-hybridized carbons (Fsp3) is 0.280. The first kappa shape index (κ1) is 23.5. The van der Waals surface area contributed by atoms with E-state index in [1.54, 1.807) is 17.8 Å². The molecule has 2 amide bonds. The summed E-state index contributed by atoms with van der Waals surface area (Å²) in [4.78, 5) is 35.8. The molecular weight excluding hydrogens is 480 g/mol. The number of carbonyl (C=O) groups is 1. The molecule has 1 N–H and O–H groups in total. The zero-order chi connectivity index (χ0) is 24.4. The fourth-order valence-electron chi connectivity index (χ4n) is 3.99. The van der Waals surface area contributed by atoms with Crippen molar-refractivity contribution in [1.29, 1.82) is 0 Å². The Morgan fingerprint density at radius 2 is 1.86 bits per heavy atom. The number of anilines is 1. The first-order chi connectivity index (χ1) is 17.0. The number of nitrogens with zero attached hydrogens (tertiary/aromatic N) is 5. The number of aryl methyl sites for hydroxylation is 1.